The molecule has 0 unspecified atom stereocenters. The fraction of sp³-hybridized carbons (Fsp3) is 0.160. The number of rotatable bonds is 2. The topological polar surface area (TPSA) is 51.2 Å². The molecule has 0 bridgehead atoms. The molecule has 3 aromatic carbocycles. The van der Waals surface area contributed by atoms with E-state index in [0.29, 0.717) is 44.9 Å². The molecule has 0 atom stereocenters. The number of carbonyl (C=O) groups excluding carboxylic acids is 1. The van der Waals surface area contributed by atoms with Crippen LogP contribution < -0.4 is 10.4 Å². The fourth-order valence-corrected chi connectivity index (χ4v) is 6.40. The molecule has 0 aromatic heterocycles. The van der Waals surface area contributed by atoms with Crippen molar-refractivity contribution in [1.82, 2.24) is 0 Å². The second kappa shape index (κ2) is 6.93. The van der Waals surface area contributed by atoms with Crippen LogP contribution in [0.2, 0.25) is 5.02 Å². The zero-order valence-corrected chi connectivity index (χ0v) is 18.0. The van der Waals surface area contributed by atoms with Crippen molar-refractivity contribution in [1.29, 1.82) is 0 Å². The van der Waals surface area contributed by atoms with Gasteiger partial charge >= 0.3 is 0 Å². The van der Waals surface area contributed by atoms with Gasteiger partial charge in [0.1, 0.15) is 0 Å². The lowest BCUT2D eigenvalue weighted by molar-refractivity contribution is 0.105. The summed E-state index contributed by atoms with van der Waals surface area (Å²) in [6.07, 6.45) is 3.42. The number of aryl methyl sites for hydroxylation is 1. The highest BCUT2D eigenvalue weighted by Crippen LogP contribution is 2.29. The Balaban J connectivity index is 1.88. The summed E-state index contributed by atoms with van der Waals surface area (Å²) in [4.78, 5) is 13.8. The quantitative estimate of drug-likeness (QED) is 0.616. The normalized spacial score (nSPS) is 15.1. The van der Waals surface area contributed by atoms with E-state index in [4.69, 9.17) is 11.6 Å². The highest BCUT2D eigenvalue weighted by molar-refractivity contribution is 8.00. The van der Waals surface area contributed by atoms with Crippen molar-refractivity contribution in [2.45, 2.75) is 31.1 Å². The molecular formula is C25H19ClO3S. The van der Waals surface area contributed by atoms with Crippen molar-refractivity contribution in [2.24, 2.45) is 0 Å². The lowest BCUT2D eigenvalue weighted by atomic mass is 9.88. The van der Waals surface area contributed by atoms with Crippen LogP contribution in [-0.4, -0.2) is 14.2 Å². The molecule has 0 heterocycles. The van der Waals surface area contributed by atoms with Crippen LogP contribution in [0.1, 0.15) is 34.3 Å². The van der Waals surface area contributed by atoms with E-state index in [-0.39, 0.29) is 5.78 Å². The third-order valence-electron chi connectivity index (χ3n) is 5.96. The minimum atomic E-state index is -3.63. The summed E-state index contributed by atoms with van der Waals surface area (Å²) in [7, 11) is -3.63. The van der Waals surface area contributed by atoms with E-state index in [1.54, 1.807) is 24.3 Å². The van der Waals surface area contributed by atoms with Crippen LogP contribution in [-0.2, 0) is 16.3 Å². The van der Waals surface area contributed by atoms with Crippen molar-refractivity contribution < 1.29 is 13.2 Å². The number of carbonyl (C=O) groups is 1. The smallest absolute Gasteiger partial charge is 0.203 e. The first-order valence-electron chi connectivity index (χ1n) is 9.90. The Morgan fingerprint density at radius 1 is 0.867 bits per heavy atom. The van der Waals surface area contributed by atoms with E-state index in [1.807, 2.05) is 43.3 Å². The number of ketones is 1. The average Bonchev–Trinajstić information content (AvgIpc) is 2.74. The Kier molecular flexibility index (Phi) is 4.46. The lowest BCUT2D eigenvalue weighted by Crippen LogP contribution is -2.27. The van der Waals surface area contributed by atoms with Gasteiger partial charge in [-0.25, -0.2) is 8.42 Å². The molecule has 5 heteroatoms. The summed E-state index contributed by atoms with van der Waals surface area (Å²) in [5.41, 5.74) is 2.45. The van der Waals surface area contributed by atoms with Gasteiger partial charge in [0.05, 0.1) is 9.80 Å². The minimum absolute atomic E-state index is 0.114. The zero-order chi connectivity index (χ0) is 21.0. The molecule has 3 aromatic rings. The third-order valence-corrected chi connectivity index (χ3v) is 8.26. The molecule has 0 saturated carbocycles. The average molecular weight is 435 g/mol. The Hall–Kier alpha value is -2.69. The molecular weight excluding hydrogens is 416 g/mol. The predicted molar refractivity (Wildman–Crippen MR) is 118 cm³/mol. The van der Waals surface area contributed by atoms with Gasteiger partial charge in [0.2, 0.25) is 9.84 Å². The number of Topliss-reactive ketones (excluding diaryl/α,β-unsaturated/α-hetero) is 1. The van der Waals surface area contributed by atoms with Crippen LogP contribution in [0.15, 0.2) is 59.5 Å². The first-order valence-corrected chi connectivity index (χ1v) is 11.8. The molecule has 0 fully saturated rings. The maximum atomic E-state index is 13.4. The number of benzene rings is 3. The highest BCUT2D eigenvalue weighted by atomic mass is 35.5. The Bertz CT molecular complexity index is 1550. The molecule has 0 radical (unpaired) electrons. The van der Waals surface area contributed by atoms with Gasteiger partial charge in [0.25, 0.3) is 0 Å². The van der Waals surface area contributed by atoms with Gasteiger partial charge in [0, 0.05) is 15.8 Å². The number of sulfone groups is 1. The van der Waals surface area contributed by atoms with E-state index >= 15 is 0 Å². The van der Waals surface area contributed by atoms with Crippen LogP contribution in [0.25, 0.3) is 11.0 Å². The zero-order valence-electron chi connectivity index (χ0n) is 16.4. The standard InChI is InChI=1S/C25H19ClO3S/c1-15-8-10-16(11-9-15)30(28,29)24-7-3-5-19-18(24)12-13-20-17-4-2-6-22(26)21(17)14-23(27)25(19)20/h2,4,6,8-14H,3,5,7H2,1H3. The second-order valence-electron chi connectivity index (χ2n) is 7.82. The fourth-order valence-electron chi connectivity index (χ4n) is 4.50. The number of hydrogen-bond acceptors (Lipinski definition) is 3. The molecule has 150 valence electrons. The van der Waals surface area contributed by atoms with Gasteiger partial charge in [-0.2, -0.15) is 0 Å². The van der Waals surface area contributed by atoms with Gasteiger partial charge in [0.15, 0.2) is 5.78 Å². The largest absolute Gasteiger partial charge is 0.289 e. The summed E-state index contributed by atoms with van der Waals surface area (Å²) < 4.78 is 26.8. The van der Waals surface area contributed by atoms with Gasteiger partial charge in [-0.05, 0) is 71.7 Å². The van der Waals surface area contributed by atoms with E-state index in [2.05, 4.69) is 0 Å². The Labute approximate surface area is 179 Å². The number of hydrogen-bond donors (Lipinski definition) is 0. The molecule has 0 aliphatic heterocycles. The first kappa shape index (κ1) is 19.3. The second-order valence-corrected chi connectivity index (χ2v) is 10.2. The van der Waals surface area contributed by atoms with Gasteiger partial charge in [-0.15, -0.1) is 0 Å². The maximum absolute atomic E-state index is 13.4. The molecule has 30 heavy (non-hydrogen) atoms. The van der Waals surface area contributed by atoms with Gasteiger partial charge < -0.3 is 0 Å². The number of fused-ring (bicyclic) bond motifs is 4. The first-order chi connectivity index (χ1) is 14.4. The van der Waals surface area contributed by atoms with Crippen LogP contribution in [0, 0.1) is 17.4 Å². The molecule has 0 amide bonds. The van der Waals surface area contributed by atoms with Crippen molar-refractivity contribution in [3.63, 3.8) is 0 Å². The van der Waals surface area contributed by atoms with E-state index in [1.165, 1.54) is 0 Å². The minimum Gasteiger partial charge on any atom is -0.289 e. The Morgan fingerprint density at radius 3 is 2.37 bits per heavy atom. The van der Waals surface area contributed by atoms with Crippen molar-refractivity contribution in [2.75, 3.05) is 0 Å². The lowest BCUT2D eigenvalue weighted by Gasteiger charge is -2.20. The monoisotopic (exact) mass is 434 g/mol. The van der Waals surface area contributed by atoms with Crippen LogP contribution >= 0.6 is 11.6 Å². The van der Waals surface area contributed by atoms with Gasteiger partial charge in [-0.3, -0.25) is 4.79 Å². The van der Waals surface area contributed by atoms with Crippen molar-refractivity contribution >= 4 is 38.2 Å². The van der Waals surface area contributed by atoms with Crippen molar-refractivity contribution in [3.05, 3.63) is 97.2 Å². The predicted octanol–water partition coefficient (Wildman–Crippen LogP) is 3.83. The van der Waals surface area contributed by atoms with Gasteiger partial charge in [-0.1, -0.05) is 53.6 Å². The van der Waals surface area contributed by atoms with Crippen LogP contribution in [0.5, 0.6) is 0 Å². The van der Waals surface area contributed by atoms with Crippen LogP contribution in [0.4, 0.5) is 0 Å². The number of halogens is 1. The molecule has 2 aliphatic carbocycles. The Morgan fingerprint density at radius 2 is 1.60 bits per heavy atom. The maximum Gasteiger partial charge on any atom is 0.203 e. The SMILES string of the molecule is Cc1ccc(S(=O)(=O)C2=c3ccc4c(c3CCC2)C(=O)C=c2c(Cl)cccc2=4)cc1. The summed E-state index contributed by atoms with van der Waals surface area (Å²) >= 11 is 6.31. The molecule has 0 saturated heterocycles. The molecule has 3 nitrogen and oxygen atoms in total. The molecule has 0 N–H and O–H groups in total. The van der Waals surface area contributed by atoms with Crippen LogP contribution in [0.3, 0.4) is 0 Å². The summed E-state index contributed by atoms with van der Waals surface area (Å²) in [5, 5.41) is 3.68. The molecule has 5 rings (SSSR count). The summed E-state index contributed by atoms with van der Waals surface area (Å²) in [6.45, 7) is 1.93. The highest BCUT2D eigenvalue weighted by Gasteiger charge is 2.27. The summed E-state index contributed by atoms with van der Waals surface area (Å²) in [5.74, 6) is -0.114. The van der Waals surface area contributed by atoms with E-state index < -0.39 is 9.84 Å². The molecule has 2 aliphatic rings. The summed E-state index contributed by atoms with van der Waals surface area (Å²) in [6, 6.07) is 16.2. The third kappa shape index (κ3) is 2.86. The van der Waals surface area contributed by atoms with E-state index in [9.17, 15) is 13.2 Å². The van der Waals surface area contributed by atoms with Crippen molar-refractivity contribution in [3.8, 4) is 0 Å². The molecule has 0 spiro atoms. The van der Waals surface area contributed by atoms with E-state index in [0.717, 1.165) is 26.8 Å².